The molecule has 0 radical (unpaired) electrons. The van der Waals surface area contributed by atoms with Crippen molar-refractivity contribution >= 4 is 21.7 Å². The molecule has 0 aromatic rings. The smallest absolute Gasteiger partial charge is 0.266 e. The van der Waals surface area contributed by atoms with Crippen molar-refractivity contribution in [3.05, 3.63) is 35.1 Å². The van der Waals surface area contributed by atoms with E-state index in [-0.39, 0.29) is 34.6 Å². The molecule has 0 aromatic heterocycles. The molecule has 0 aromatic carbocycles. The van der Waals surface area contributed by atoms with Gasteiger partial charge < -0.3 is 4.90 Å². The van der Waals surface area contributed by atoms with Gasteiger partial charge in [-0.15, -0.1) is 0 Å². The van der Waals surface area contributed by atoms with Gasteiger partial charge >= 0.3 is 0 Å². The average Bonchev–Trinajstić information content (AvgIpc) is 2.67. The lowest BCUT2D eigenvalue weighted by atomic mass is 9.46. The van der Waals surface area contributed by atoms with Gasteiger partial charge in [0.25, 0.3) is 10.1 Å². The van der Waals surface area contributed by atoms with Crippen LogP contribution in [-0.4, -0.2) is 48.8 Å². The minimum atomic E-state index is -4.15. The molecule has 0 aliphatic heterocycles. The number of nitrogens with zero attached hydrogens (tertiary/aromatic N) is 1. The normalized spacial score (nSPS) is 33.9. The first-order chi connectivity index (χ1) is 14.3. The van der Waals surface area contributed by atoms with Crippen molar-refractivity contribution in [3.63, 3.8) is 0 Å². The van der Waals surface area contributed by atoms with Gasteiger partial charge in [-0.1, -0.05) is 32.4 Å². The molecule has 172 valence electrons. The third-order valence-corrected chi connectivity index (χ3v) is 9.08. The highest BCUT2D eigenvalue weighted by molar-refractivity contribution is 7.85. The second-order valence-corrected chi connectivity index (χ2v) is 11.8. The molecule has 3 rings (SSSR count). The van der Waals surface area contributed by atoms with Crippen LogP contribution in [-0.2, 0) is 19.7 Å². The molecule has 1 N–H and O–H groups in total. The SMILES string of the molecule is CC1=CCC[C@@H]2[C@@](C)(CC3=CC(=O)C=C(N(C)CCS(=O)(=O)O)C3=O)[C@H](C)CC[C@@]12C. The van der Waals surface area contributed by atoms with E-state index in [0.717, 1.165) is 25.7 Å². The minimum Gasteiger partial charge on any atom is -0.370 e. The van der Waals surface area contributed by atoms with E-state index in [9.17, 15) is 18.0 Å². The highest BCUT2D eigenvalue weighted by atomic mass is 32.2. The van der Waals surface area contributed by atoms with E-state index in [1.807, 2.05) is 0 Å². The molecule has 0 spiro atoms. The summed E-state index contributed by atoms with van der Waals surface area (Å²) in [6.45, 7) is 9.05. The lowest BCUT2D eigenvalue weighted by Crippen LogP contribution is -2.50. The molecule has 4 atom stereocenters. The summed E-state index contributed by atoms with van der Waals surface area (Å²) in [6, 6.07) is 0. The topological polar surface area (TPSA) is 91.8 Å². The Kier molecular flexibility index (Phi) is 6.42. The molecule has 3 aliphatic carbocycles. The maximum Gasteiger partial charge on any atom is 0.266 e. The number of likely N-dealkylation sites (N-methyl/N-ethyl adjacent to an activating group) is 1. The molecular formula is C24H35NO5S. The number of allylic oxidation sites excluding steroid dienone is 5. The molecule has 7 heteroatoms. The number of carbonyl (C=O) groups is 2. The zero-order valence-corrected chi connectivity index (χ0v) is 20.1. The Hall–Kier alpha value is -1.73. The molecule has 1 saturated carbocycles. The summed E-state index contributed by atoms with van der Waals surface area (Å²) in [6.07, 6.45) is 9.97. The van der Waals surface area contributed by atoms with Crippen LogP contribution in [0.2, 0.25) is 0 Å². The van der Waals surface area contributed by atoms with E-state index in [0.29, 0.717) is 23.8 Å². The summed E-state index contributed by atoms with van der Waals surface area (Å²) in [7, 11) is -2.58. The fraction of sp³-hybridized carbons (Fsp3) is 0.667. The fourth-order valence-corrected chi connectivity index (χ4v) is 6.56. The lowest BCUT2D eigenvalue weighted by Gasteiger charge is -2.58. The van der Waals surface area contributed by atoms with E-state index in [4.69, 9.17) is 4.55 Å². The average molecular weight is 450 g/mol. The molecule has 0 amide bonds. The van der Waals surface area contributed by atoms with Crippen LogP contribution in [0.5, 0.6) is 0 Å². The molecule has 0 unspecified atom stereocenters. The third-order valence-electron chi connectivity index (χ3n) is 8.38. The molecule has 3 aliphatic rings. The van der Waals surface area contributed by atoms with E-state index >= 15 is 0 Å². The first-order valence-corrected chi connectivity index (χ1v) is 12.7. The fourth-order valence-electron chi connectivity index (χ4n) is 6.05. The van der Waals surface area contributed by atoms with Crippen LogP contribution in [0.1, 0.15) is 59.8 Å². The molecule has 1 fully saturated rings. The van der Waals surface area contributed by atoms with Gasteiger partial charge in [0, 0.05) is 25.2 Å². The van der Waals surface area contributed by atoms with Gasteiger partial charge in [0.15, 0.2) is 5.78 Å². The van der Waals surface area contributed by atoms with E-state index < -0.39 is 15.9 Å². The number of hydrogen-bond donors (Lipinski definition) is 1. The second-order valence-electron chi connectivity index (χ2n) is 10.2. The Labute approximate surface area is 186 Å². The number of fused-ring (bicyclic) bond motifs is 1. The minimum absolute atomic E-state index is 0.0602. The maximum absolute atomic E-state index is 13.3. The van der Waals surface area contributed by atoms with Gasteiger partial charge in [-0.05, 0) is 67.8 Å². The highest BCUT2D eigenvalue weighted by Crippen LogP contribution is 2.62. The van der Waals surface area contributed by atoms with Crippen LogP contribution in [0.3, 0.4) is 0 Å². The van der Waals surface area contributed by atoms with Crippen molar-refractivity contribution in [2.75, 3.05) is 19.3 Å². The van der Waals surface area contributed by atoms with Crippen molar-refractivity contribution in [3.8, 4) is 0 Å². The molecular weight excluding hydrogens is 414 g/mol. The first kappa shape index (κ1) is 23.9. The van der Waals surface area contributed by atoms with Crippen molar-refractivity contribution in [1.82, 2.24) is 4.90 Å². The van der Waals surface area contributed by atoms with Crippen LogP contribution >= 0.6 is 0 Å². The quantitative estimate of drug-likeness (QED) is 0.375. The Bertz CT molecular complexity index is 976. The van der Waals surface area contributed by atoms with Gasteiger partial charge in [-0.25, -0.2) is 0 Å². The van der Waals surface area contributed by atoms with E-state index in [1.54, 1.807) is 7.05 Å². The molecule has 0 heterocycles. The molecule has 0 bridgehead atoms. The van der Waals surface area contributed by atoms with Gasteiger partial charge in [0.05, 0.1) is 11.4 Å². The third kappa shape index (κ3) is 4.58. The Morgan fingerprint density at radius 2 is 1.87 bits per heavy atom. The zero-order chi connectivity index (χ0) is 23.2. The van der Waals surface area contributed by atoms with Gasteiger partial charge in [0.2, 0.25) is 5.78 Å². The van der Waals surface area contributed by atoms with Gasteiger partial charge in [-0.3, -0.25) is 14.1 Å². The van der Waals surface area contributed by atoms with Gasteiger partial charge in [-0.2, -0.15) is 8.42 Å². The number of hydrogen-bond acceptors (Lipinski definition) is 5. The maximum atomic E-state index is 13.3. The van der Waals surface area contributed by atoms with E-state index in [1.165, 1.54) is 22.6 Å². The summed E-state index contributed by atoms with van der Waals surface area (Å²) < 4.78 is 31.2. The zero-order valence-electron chi connectivity index (χ0n) is 19.3. The van der Waals surface area contributed by atoms with E-state index in [2.05, 4.69) is 33.8 Å². The number of Topliss-reactive ketones (excluding diaryl/α,β-unsaturated/α-hetero) is 1. The predicted molar refractivity (Wildman–Crippen MR) is 121 cm³/mol. The van der Waals surface area contributed by atoms with Crippen LogP contribution in [0, 0.1) is 22.7 Å². The van der Waals surface area contributed by atoms with Crippen molar-refractivity contribution < 1.29 is 22.6 Å². The second kappa shape index (κ2) is 8.32. The van der Waals surface area contributed by atoms with Crippen molar-refractivity contribution in [1.29, 1.82) is 0 Å². The lowest BCUT2D eigenvalue weighted by molar-refractivity contribution is -0.117. The van der Waals surface area contributed by atoms with Crippen LogP contribution in [0.25, 0.3) is 0 Å². The van der Waals surface area contributed by atoms with Crippen LogP contribution in [0.4, 0.5) is 0 Å². The standard InChI is InChI=1S/C24H35NO5S/c1-16-7-6-8-21-23(16,3)10-9-17(2)24(21,4)15-18-13-19(26)14-20(22(18)27)25(5)11-12-31(28,29)30/h7,13-14,17,21H,6,8-12,15H2,1-5H3,(H,28,29,30)/t17-,21+,23+,24+/m1/s1. The summed E-state index contributed by atoms with van der Waals surface area (Å²) in [4.78, 5) is 27.2. The van der Waals surface area contributed by atoms with Crippen molar-refractivity contribution in [2.45, 2.75) is 59.8 Å². The Morgan fingerprint density at radius 3 is 2.52 bits per heavy atom. The molecule has 0 saturated heterocycles. The summed E-state index contributed by atoms with van der Waals surface area (Å²) in [5.41, 5.74) is 2.15. The first-order valence-electron chi connectivity index (χ1n) is 11.1. The Balaban J connectivity index is 1.86. The monoisotopic (exact) mass is 449 g/mol. The number of ketones is 2. The van der Waals surface area contributed by atoms with Crippen LogP contribution in [0.15, 0.2) is 35.1 Å². The number of rotatable bonds is 6. The molecule has 6 nitrogen and oxygen atoms in total. The largest absolute Gasteiger partial charge is 0.370 e. The summed E-state index contributed by atoms with van der Waals surface area (Å²) >= 11 is 0. The summed E-state index contributed by atoms with van der Waals surface area (Å²) in [5.74, 6) is -0.113. The van der Waals surface area contributed by atoms with Gasteiger partial charge in [0.1, 0.15) is 0 Å². The molecule has 31 heavy (non-hydrogen) atoms. The Morgan fingerprint density at radius 1 is 1.19 bits per heavy atom. The highest BCUT2D eigenvalue weighted by Gasteiger charge is 2.53. The number of carbonyl (C=O) groups excluding carboxylic acids is 2. The summed E-state index contributed by atoms with van der Waals surface area (Å²) in [5, 5.41) is 0. The van der Waals surface area contributed by atoms with Crippen LogP contribution < -0.4 is 0 Å². The predicted octanol–water partition coefficient (Wildman–Crippen LogP) is 3.96. The van der Waals surface area contributed by atoms with Crippen molar-refractivity contribution in [2.24, 2.45) is 22.7 Å².